The predicted octanol–water partition coefficient (Wildman–Crippen LogP) is 0.702. The van der Waals surface area contributed by atoms with Gasteiger partial charge in [0.1, 0.15) is 16.2 Å². The molecule has 6 nitrogen and oxygen atoms in total. The normalized spacial score (nSPS) is 11.2. The van der Waals surface area contributed by atoms with E-state index in [9.17, 15) is 9.59 Å². The van der Waals surface area contributed by atoms with E-state index in [1.807, 2.05) is 13.2 Å². The highest BCUT2D eigenvalue weighted by atomic mass is 32.2. The van der Waals surface area contributed by atoms with Crippen LogP contribution in [0.3, 0.4) is 0 Å². The van der Waals surface area contributed by atoms with E-state index in [0.717, 1.165) is 17.4 Å². The molecule has 0 unspecified atom stereocenters. The fourth-order valence-corrected chi connectivity index (χ4v) is 2.53. The van der Waals surface area contributed by atoms with Crippen LogP contribution in [0.15, 0.2) is 14.6 Å². The summed E-state index contributed by atoms with van der Waals surface area (Å²) in [4.78, 5) is 32.9. The zero-order valence-corrected chi connectivity index (χ0v) is 12.2. The Kier molecular flexibility index (Phi) is 3.75. The minimum absolute atomic E-state index is 0.342. The smallest absolute Gasteiger partial charge is 0.280 e. The average molecular weight is 280 g/mol. The molecule has 2 aromatic heterocycles. The molecule has 0 amide bonds. The molecule has 0 radical (unpaired) electrons. The van der Waals surface area contributed by atoms with E-state index in [4.69, 9.17) is 0 Å². The molecule has 0 aliphatic rings. The Morgan fingerprint density at radius 1 is 1.16 bits per heavy atom. The SMILES string of the molecule is CCCc1nc(SC)c2c(=O)n(C)c(=O)n(C)c2n1. The molecule has 2 aromatic rings. The first-order chi connectivity index (χ1) is 9.01. The zero-order valence-electron chi connectivity index (χ0n) is 11.4. The highest BCUT2D eigenvalue weighted by Gasteiger charge is 2.15. The molecular weight excluding hydrogens is 264 g/mol. The molecule has 102 valence electrons. The number of fused-ring (bicyclic) bond motifs is 1. The van der Waals surface area contributed by atoms with Crippen LogP contribution >= 0.6 is 11.8 Å². The maximum Gasteiger partial charge on any atom is 0.332 e. The van der Waals surface area contributed by atoms with Gasteiger partial charge in [-0.15, -0.1) is 11.8 Å². The Morgan fingerprint density at radius 3 is 2.42 bits per heavy atom. The summed E-state index contributed by atoms with van der Waals surface area (Å²) in [7, 11) is 3.09. The molecule has 7 heteroatoms. The van der Waals surface area contributed by atoms with Gasteiger partial charge in [-0.05, 0) is 12.7 Å². The van der Waals surface area contributed by atoms with Gasteiger partial charge in [-0.2, -0.15) is 0 Å². The molecule has 2 rings (SSSR count). The van der Waals surface area contributed by atoms with E-state index < -0.39 is 0 Å². The third-order valence-electron chi connectivity index (χ3n) is 2.98. The number of hydrogen-bond acceptors (Lipinski definition) is 5. The van der Waals surface area contributed by atoms with Crippen molar-refractivity contribution in [2.75, 3.05) is 6.26 Å². The second-order valence-electron chi connectivity index (χ2n) is 4.30. The van der Waals surface area contributed by atoms with Crippen molar-refractivity contribution in [2.24, 2.45) is 14.1 Å². The molecule has 0 aromatic carbocycles. The van der Waals surface area contributed by atoms with Crippen molar-refractivity contribution in [3.05, 3.63) is 26.7 Å². The van der Waals surface area contributed by atoms with Crippen molar-refractivity contribution in [3.8, 4) is 0 Å². The van der Waals surface area contributed by atoms with Gasteiger partial charge < -0.3 is 0 Å². The van der Waals surface area contributed by atoms with Gasteiger partial charge in [0.25, 0.3) is 5.56 Å². The Morgan fingerprint density at radius 2 is 1.84 bits per heavy atom. The van der Waals surface area contributed by atoms with Crippen molar-refractivity contribution < 1.29 is 0 Å². The second kappa shape index (κ2) is 5.16. The third kappa shape index (κ3) is 2.18. The number of aromatic nitrogens is 4. The number of aryl methyl sites for hydroxylation is 2. The lowest BCUT2D eigenvalue weighted by Gasteiger charge is -2.10. The molecule has 19 heavy (non-hydrogen) atoms. The Balaban J connectivity index is 2.98. The van der Waals surface area contributed by atoms with E-state index in [1.165, 1.54) is 23.4 Å². The molecule has 0 spiro atoms. The van der Waals surface area contributed by atoms with Crippen molar-refractivity contribution in [2.45, 2.75) is 24.8 Å². The Hall–Kier alpha value is -1.63. The first kappa shape index (κ1) is 13.8. The maximum absolute atomic E-state index is 12.2. The second-order valence-corrected chi connectivity index (χ2v) is 5.10. The summed E-state index contributed by atoms with van der Waals surface area (Å²) >= 11 is 1.40. The molecule has 0 atom stereocenters. The molecule has 0 N–H and O–H groups in total. The van der Waals surface area contributed by atoms with Crippen LogP contribution in [0.5, 0.6) is 0 Å². The lowest BCUT2D eigenvalue weighted by atomic mass is 10.3. The van der Waals surface area contributed by atoms with Gasteiger partial charge in [-0.25, -0.2) is 14.8 Å². The number of nitrogens with zero attached hydrogens (tertiary/aromatic N) is 4. The highest BCUT2D eigenvalue weighted by molar-refractivity contribution is 7.98. The van der Waals surface area contributed by atoms with Crippen LogP contribution in [0.4, 0.5) is 0 Å². The van der Waals surface area contributed by atoms with Crippen molar-refractivity contribution >= 4 is 22.8 Å². The molecule has 0 aliphatic heterocycles. The van der Waals surface area contributed by atoms with E-state index in [1.54, 1.807) is 7.05 Å². The molecule has 0 saturated heterocycles. The maximum atomic E-state index is 12.2. The van der Waals surface area contributed by atoms with Gasteiger partial charge in [-0.3, -0.25) is 13.9 Å². The molecule has 0 aliphatic carbocycles. The van der Waals surface area contributed by atoms with Gasteiger partial charge in [0.2, 0.25) is 0 Å². The van der Waals surface area contributed by atoms with Crippen LogP contribution in [0.2, 0.25) is 0 Å². The number of hydrogen-bond donors (Lipinski definition) is 0. The van der Waals surface area contributed by atoms with E-state index in [0.29, 0.717) is 21.9 Å². The topological polar surface area (TPSA) is 69.8 Å². The number of thioether (sulfide) groups is 1. The van der Waals surface area contributed by atoms with E-state index in [-0.39, 0.29) is 11.2 Å². The predicted molar refractivity (Wildman–Crippen MR) is 75.8 cm³/mol. The van der Waals surface area contributed by atoms with Crippen LogP contribution in [-0.2, 0) is 20.5 Å². The lowest BCUT2D eigenvalue weighted by Crippen LogP contribution is -2.37. The summed E-state index contributed by atoms with van der Waals surface area (Å²) in [5.74, 6) is 0.669. The minimum atomic E-state index is -0.370. The fourth-order valence-electron chi connectivity index (χ4n) is 1.96. The van der Waals surface area contributed by atoms with Crippen LogP contribution in [-0.4, -0.2) is 25.4 Å². The van der Waals surface area contributed by atoms with Crippen molar-refractivity contribution in [1.82, 2.24) is 19.1 Å². The van der Waals surface area contributed by atoms with Gasteiger partial charge in [0, 0.05) is 20.5 Å². The van der Waals surface area contributed by atoms with Crippen LogP contribution < -0.4 is 11.2 Å². The van der Waals surface area contributed by atoms with Crippen LogP contribution in [0.25, 0.3) is 11.0 Å². The van der Waals surface area contributed by atoms with E-state index in [2.05, 4.69) is 9.97 Å². The van der Waals surface area contributed by atoms with Gasteiger partial charge in [0.05, 0.1) is 0 Å². The fraction of sp³-hybridized carbons (Fsp3) is 0.500. The lowest BCUT2D eigenvalue weighted by molar-refractivity contribution is 0.696. The summed E-state index contributed by atoms with van der Waals surface area (Å²) in [6.07, 6.45) is 3.51. The molecular formula is C12H16N4O2S. The standard InChI is InChI=1S/C12H16N4O2S/c1-5-6-7-13-9-8(10(14-7)19-4)11(17)16(3)12(18)15(9)2/h5-6H2,1-4H3. The first-order valence-corrected chi connectivity index (χ1v) is 7.24. The van der Waals surface area contributed by atoms with Gasteiger partial charge >= 0.3 is 5.69 Å². The van der Waals surface area contributed by atoms with Gasteiger partial charge in [-0.1, -0.05) is 6.92 Å². The Labute approximate surface area is 114 Å². The summed E-state index contributed by atoms with van der Waals surface area (Å²) in [5.41, 5.74) is -0.299. The van der Waals surface area contributed by atoms with Crippen molar-refractivity contribution in [3.63, 3.8) is 0 Å². The molecule has 0 fully saturated rings. The Bertz CT molecular complexity index is 748. The third-order valence-corrected chi connectivity index (χ3v) is 3.66. The first-order valence-electron chi connectivity index (χ1n) is 6.01. The number of rotatable bonds is 3. The summed E-state index contributed by atoms with van der Waals surface area (Å²) in [6.45, 7) is 2.04. The highest BCUT2D eigenvalue weighted by Crippen LogP contribution is 2.19. The summed E-state index contributed by atoms with van der Waals surface area (Å²) in [5, 5.41) is 1.04. The van der Waals surface area contributed by atoms with Crippen LogP contribution in [0.1, 0.15) is 19.2 Å². The summed E-state index contributed by atoms with van der Waals surface area (Å²) < 4.78 is 2.49. The largest absolute Gasteiger partial charge is 0.332 e. The minimum Gasteiger partial charge on any atom is -0.280 e. The van der Waals surface area contributed by atoms with E-state index >= 15 is 0 Å². The molecule has 0 saturated carbocycles. The van der Waals surface area contributed by atoms with Gasteiger partial charge in [0.15, 0.2) is 5.65 Å². The quantitative estimate of drug-likeness (QED) is 0.611. The van der Waals surface area contributed by atoms with Crippen LogP contribution in [0, 0.1) is 0 Å². The average Bonchev–Trinajstić information content (AvgIpc) is 2.42. The summed E-state index contributed by atoms with van der Waals surface area (Å²) in [6, 6.07) is 0. The van der Waals surface area contributed by atoms with Crippen molar-refractivity contribution in [1.29, 1.82) is 0 Å². The molecule has 0 bridgehead atoms. The molecule has 2 heterocycles. The zero-order chi connectivity index (χ0) is 14.2. The monoisotopic (exact) mass is 280 g/mol.